The third-order valence-electron chi connectivity index (χ3n) is 3.48. The summed E-state index contributed by atoms with van der Waals surface area (Å²) in [5.41, 5.74) is 2.36. The molecular weight excluding hydrogens is 325 g/mol. The minimum Gasteiger partial charge on any atom is -0.310 e. The second kappa shape index (κ2) is 8.05. The summed E-state index contributed by atoms with van der Waals surface area (Å²) in [7, 11) is 0. The average molecular weight is 343 g/mol. The number of hydrogen-bond acceptors (Lipinski definition) is 1. The Kier molecular flexibility index (Phi) is 6.38. The molecule has 0 fully saturated rings. The number of nitrogens with one attached hydrogen (secondary N) is 1. The summed E-state index contributed by atoms with van der Waals surface area (Å²) in [6, 6.07) is 14.0. The molecule has 1 atom stereocenters. The molecule has 2 aromatic rings. The van der Waals surface area contributed by atoms with Gasteiger partial charge in [0, 0.05) is 21.1 Å². The fraction of sp³-hybridized carbons (Fsp3) is 0.294. The molecule has 112 valence electrons. The molecule has 0 radical (unpaired) electrons. The van der Waals surface area contributed by atoms with Gasteiger partial charge >= 0.3 is 0 Å². The summed E-state index contributed by atoms with van der Waals surface area (Å²) in [6.45, 7) is 3.03. The Labute approximate surface area is 141 Å². The van der Waals surface area contributed by atoms with Crippen molar-refractivity contribution >= 4 is 34.8 Å². The first-order chi connectivity index (χ1) is 10.1. The Morgan fingerprint density at radius 2 is 1.62 bits per heavy atom. The maximum atomic E-state index is 6.19. The predicted molar refractivity (Wildman–Crippen MR) is 92.7 cm³/mol. The van der Waals surface area contributed by atoms with Crippen LogP contribution < -0.4 is 5.32 Å². The molecule has 0 bridgehead atoms. The molecule has 0 aliphatic heterocycles. The minimum atomic E-state index is 0.327. The second-order valence-electron chi connectivity index (χ2n) is 4.95. The van der Waals surface area contributed by atoms with E-state index in [1.807, 2.05) is 24.3 Å². The van der Waals surface area contributed by atoms with Crippen LogP contribution in [0.1, 0.15) is 30.5 Å². The largest absolute Gasteiger partial charge is 0.310 e. The normalized spacial score (nSPS) is 12.4. The van der Waals surface area contributed by atoms with E-state index in [0.29, 0.717) is 11.1 Å². The Morgan fingerprint density at radius 1 is 0.952 bits per heavy atom. The summed E-state index contributed by atoms with van der Waals surface area (Å²) in [5, 5.41) is 5.72. The van der Waals surface area contributed by atoms with Gasteiger partial charge in [-0.05, 0) is 54.8 Å². The van der Waals surface area contributed by atoms with Crippen LogP contribution in [0.2, 0.25) is 15.1 Å². The van der Waals surface area contributed by atoms with E-state index in [2.05, 4.69) is 24.4 Å². The van der Waals surface area contributed by atoms with E-state index >= 15 is 0 Å². The van der Waals surface area contributed by atoms with E-state index in [9.17, 15) is 0 Å². The topological polar surface area (TPSA) is 12.0 Å². The van der Waals surface area contributed by atoms with Crippen LogP contribution in [0, 0.1) is 0 Å². The van der Waals surface area contributed by atoms with Gasteiger partial charge in [-0.3, -0.25) is 0 Å². The molecule has 1 N–H and O–H groups in total. The standard InChI is InChI=1S/C17H18Cl3N/c1-2-17(13-4-6-14(18)7-5-13)21-10-9-12-3-8-15(19)11-16(12)20/h3-8,11,17,21H,2,9-10H2,1H3. The highest BCUT2D eigenvalue weighted by Gasteiger charge is 2.09. The SMILES string of the molecule is CCC(NCCc1ccc(Cl)cc1Cl)c1ccc(Cl)cc1. The first-order valence-corrected chi connectivity index (χ1v) is 8.16. The molecule has 0 saturated heterocycles. The van der Waals surface area contributed by atoms with Crippen molar-refractivity contribution in [2.24, 2.45) is 0 Å². The smallest absolute Gasteiger partial charge is 0.0453 e. The van der Waals surface area contributed by atoms with Crippen LogP contribution in [-0.2, 0) is 6.42 Å². The molecule has 0 saturated carbocycles. The van der Waals surface area contributed by atoms with Gasteiger partial charge in [0.1, 0.15) is 0 Å². The number of rotatable bonds is 6. The van der Waals surface area contributed by atoms with Crippen molar-refractivity contribution in [1.29, 1.82) is 0 Å². The molecule has 1 unspecified atom stereocenters. The highest BCUT2D eigenvalue weighted by Crippen LogP contribution is 2.22. The zero-order chi connectivity index (χ0) is 15.2. The maximum absolute atomic E-state index is 6.19. The van der Waals surface area contributed by atoms with E-state index in [-0.39, 0.29) is 0 Å². The highest BCUT2D eigenvalue weighted by atomic mass is 35.5. The zero-order valence-electron chi connectivity index (χ0n) is 11.9. The van der Waals surface area contributed by atoms with Crippen molar-refractivity contribution < 1.29 is 0 Å². The predicted octanol–water partition coefficient (Wildman–Crippen LogP) is 5.93. The van der Waals surface area contributed by atoms with Gasteiger partial charge in [0.25, 0.3) is 0 Å². The second-order valence-corrected chi connectivity index (χ2v) is 6.23. The van der Waals surface area contributed by atoms with Crippen LogP contribution in [0.4, 0.5) is 0 Å². The minimum absolute atomic E-state index is 0.327. The molecule has 2 aromatic carbocycles. The fourth-order valence-electron chi connectivity index (χ4n) is 2.30. The molecule has 0 heterocycles. The number of benzene rings is 2. The summed E-state index contributed by atoms with van der Waals surface area (Å²) >= 11 is 18.0. The highest BCUT2D eigenvalue weighted by molar-refractivity contribution is 6.35. The van der Waals surface area contributed by atoms with Gasteiger partial charge in [-0.2, -0.15) is 0 Å². The van der Waals surface area contributed by atoms with E-state index in [4.69, 9.17) is 34.8 Å². The van der Waals surface area contributed by atoms with Crippen LogP contribution in [0.25, 0.3) is 0 Å². The molecule has 0 aromatic heterocycles. The van der Waals surface area contributed by atoms with Crippen molar-refractivity contribution in [2.75, 3.05) is 6.54 Å². The molecule has 21 heavy (non-hydrogen) atoms. The van der Waals surface area contributed by atoms with Gasteiger partial charge in [0.15, 0.2) is 0 Å². The van der Waals surface area contributed by atoms with Crippen molar-refractivity contribution in [1.82, 2.24) is 5.32 Å². The first kappa shape index (κ1) is 16.6. The van der Waals surface area contributed by atoms with Gasteiger partial charge in [-0.15, -0.1) is 0 Å². The van der Waals surface area contributed by atoms with Crippen LogP contribution in [0.15, 0.2) is 42.5 Å². The van der Waals surface area contributed by atoms with Crippen molar-refractivity contribution in [3.8, 4) is 0 Å². The van der Waals surface area contributed by atoms with Crippen LogP contribution in [-0.4, -0.2) is 6.54 Å². The van der Waals surface area contributed by atoms with E-state index < -0.39 is 0 Å². The summed E-state index contributed by atoms with van der Waals surface area (Å²) in [5.74, 6) is 0. The first-order valence-electron chi connectivity index (χ1n) is 7.03. The number of halogens is 3. The molecule has 0 aliphatic carbocycles. The summed E-state index contributed by atoms with van der Waals surface area (Å²) in [6.07, 6.45) is 1.90. The van der Waals surface area contributed by atoms with Gasteiger partial charge in [-0.1, -0.05) is 59.9 Å². The molecule has 0 spiro atoms. The van der Waals surface area contributed by atoms with Gasteiger partial charge in [0.05, 0.1) is 0 Å². The Morgan fingerprint density at radius 3 is 2.24 bits per heavy atom. The van der Waals surface area contributed by atoms with E-state index in [1.54, 1.807) is 6.07 Å². The third-order valence-corrected chi connectivity index (χ3v) is 4.32. The molecule has 0 aliphatic rings. The molecule has 4 heteroatoms. The van der Waals surface area contributed by atoms with Crippen molar-refractivity contribution in [3.63, 3.8) is 0 Å². The van der Waals surface area contributed by atoms with E-state index in [0.717, 1.165) is 35.0 Å². The van der Waals surface area contributed by atoms with Gasteiger partial charge < -0.3 is 5.32 Å². The van der Waals surface area contributed by atoms with Gasteiger partial charge in [-0.25, -0.2) is 0 Å². The lowest BCUT2D eigenvalue weighted by atomic mass is 10.0. The third kappa shape index (κ3) is 4.89. The average Bonchev–Trinajstić information content (AvgIpc) is 2.47. The molecular formula is C17H18Cl3N. The van der Waals surface area contributed by atoms with Crippen molar-refractivity contribution in [2.45, 2.75) is 25.8 Å². The molecule has 1 nitrogen and oxygen atoms in total. The van der Waals surface area contributed by atoms with Crippen LogP contribution >= 0.6 is 34.8 Å². The lowest BCUT2D eigenvalue weighted by Gasteiger charge is -2.18. The van der Waals surface area contributed by atoms with Crippen molar-refractivity contribution in [3.05, 3.63) is 68.7 Å². The summed E-state index contributed by atoms with van der Waals surface area (Å²) < 4.78 is 0. The van der Waals surface area contributed by atoms with Crippen LogP contribution in [0.5, 0.6) is 0 Å². The fourth-order valence-corrected chi connectivity index (χ4v) is 2.93. The summed E-state index contributed by atoms with van der Waals surface area (Å²) in [4.78, 5) is 0. The Bertz CT molecular complexity index is 581. The number of hydrogen-bond donors (Lipinski definition) is 1. The van der Waals surface area contributed by atoms with E-state index in [1.165, 1.54) is 5.56 Å². The Balaban J connectivity index is 1.93. The molecule has 0 amide bonds. The quantitative estimate of drug-likeness (QED) is 0.686. The van der Waals surface area contributed by atoms with Crippen LogP contribution in [0.3, 0.4) is 0 Å². The Hall–Kier alpha value is -0.730. The monoisotopic (exact) mass is 341 g/mol. The maximum Gasteiger partial charge on any atom is 0.0453 e. The zero-order valence-corrected chi connectivity index (χ0v) is 14.1. The lowest BCUT2D eigenvalue weighted by molar-refractivity contribution is 0.523. The van der Waals surface area contributed by atoms with Gasteiger partial charge in [0.2, 0.25) is 0 Å². The molecule has 2 rings (SSSR count). The lowest BCUT2D eigenvalue weighted by Crippen LogP contribution is -2.23.